The van der Waals surface area contributed by atoms with Crippen molar-refractivity contribution < 1.29 is 24.2 Å². The fourth-order valence-corrected chi connectivity index (χ4v) is 4.63. The number of amides is 1. The number of allylic oxidation sites excluding steroid dienone is 1. The Bertz CT molecular complexity index is 1090. The van der Waals surface area contributed by atoms with E-state index in [0.717, 1.165) is 4.90 Å². The standard InChI is InChI=1S/C21H19N3O5/c1-20(2)7-14(25)17-15(8-20)29-18(23)12(9-22)21(17)11-5-3-4-6-13(11)24(19(21)28)10-16(26)27/h3-6H,7-8,10,23H2,1-2H3,(H,26,27). The Morgan fingerprint density at radius 2 is 2.00 bits per heavy atom. The summed E-state index contributed by atoms with van der Waals surface area (Å²) in [7, 11) is 0. The molecule has 0 aromatic heterocycles. The van der Waals surface area contributed by atoms with E-state index in [-0.39, 0.29) is 35.0 Å². The number of para-hydroxylation sites is 1. The van der Waals surface area contributed by atoms with Crippen LogP contribution in [0.1, 0.15) is 32.3 Å². The molecule has 0 saturated heterocycles. The molecule has 0 radical (unpaired) electrons. The second-order valence-electron chi connectivity index (χ2n) is 8.24. The van der Waals surface area contributed by atoms with Gasteiger partial charge in [-0.25, -0.2) is 0 Å². The monoisotopic (exact) mass is 393 g/mol. The molecule has 4 rings (SSSR count). The average molecular weight is 393 g/mol. The summed E-state index contributed by atoms with van der Waals surface area (Å²) in [6.45, 7) is 3.22. The number of carbonyl (C=O) groups is 3. The Morgan fingerprint density at radius 1 is 1.31 bits per heavy atom. The highest BCUT2D eigenvalue weighted by Gasteiger charge is 2.63. The third-order valence-electron chi connectivity index (χ3n) is 5.64. The first-order valence-electron chi connectivity index (χ1n) is 9.12. The number of ketones is 1. The third-order valence-corrected chi connectivity index (χ3v) is 5.64. The number of anilines is 1. The van der Waals surface area contributed by atoms with Crippen molar-refractivity contribution in [3.8, 4) is 6.07 Å². The lowest BCUT2D eigenvalue weighted by atomic mass is 9.62. The molecular weight excluding hydrogens is 374 g/mol. The molecule has 148 valence electrons. The summed E-state index contributed by atoms with van der Waals surface area (Å²) in [6, 6.07) is 8.53. The van der Waals surface area contributed by atoms with E-state index in [9.17, 15) is 24.8 Å². The summed E-state index contributed by atoms with van der Waals surface area (Å²) in [4.78, 5) is 39.5. The lowest BCUT2D eigenvalue weighted by Gasteiger charge is -2.41. The van der Waals surface area contributed by atoms with E-state index in [0.29, 0.717) is 17.7 Å². The second-order valence-corrected chi connectivity index (χ2v) is 8.24. The van der Waals surface area contributed by atoms with Gasteiger partial charge in [0.05, 0.1) is 5.57 Å². The van der Waals surface area contributed by atoms with Gasteiger partial charge in [0.1, 0.15) is 29.4 Å². The minimum absolute atomic E-state index is 0.0907. The summed E-state index contributed by atoms with van der Waals surface area (Å²) >= 11 is 0. The minimum atomic E-state index is -1.79. The van der Waals surface area contributed by atoms with Gasteiger partial charge in [0.25, 0.3) is 0 Å². The maximum atomic E-state index is 13.7. The number of carboxylic acid groups (broad SMARTS) is 1. The highest BCUT2D eigenvalue weighted by Crippen LogP contribution is 2.57. The van der Waals surface area contributed by atoms with Crippen LogP contribution in [-0.2, 0) is 24.5 Å². The van der Waals surface area contributed by atoms with Crippen LogP contribution in [-0.4, -0.2) is 29.3 Å². The maximum absolute atomic E-state index is 13.7. The highest BCUT2D eigenvalue weighted by molar-refractivity contribution is 6.21. The summed E-state index contributed by atoms with van der Waals surface area (Å²) < 4.78 is 5.67. The van der Waals surface area contributed by atoms with E-state index < -0.39 is 29.3 Å². The van der Waals surface area contributed by atoms with Gasteiger partial charge >= 0.3 is 5.97 Å². The quantitative estimate of drug-likeness (QED) is 0.781. The average Bonchev–Trinajstić information content (AvgIpc) is 2.84. The summed E-state index contributed by atoms with van der Waals surface area (Å²) in [5.74, 6) is -2.17. The van der Waals surface area contributed by atoms with Crippen LogP contribution >= 0.6 is 0 Å². The fourth-order valence-electron chi connectivity index (χ4n) is 4.63. The number of nitrogens with two attached hydrogens (primary N) is 1. The van der Waals surface area contributed by atoms with E-state index in [1.807, 2.05) is 19.9 Å². The third kappa shape index (κ3) is 2.40. The van der Waals surface area contributed by atoms with Gasteiger partial charge in [-0.15, -0.1) is 0 Å². The molecule has 1 spiro atoms. The van der Waals surface area contributed by atoms with Crippen molar-refractivity contribution in [1.82, 2.24) is 0 Å². The Labute approximate surface area is 166 Å². The van der Waals surface area contributed by atoms with Crippen LogP contribution in [0.15, 0.2) is 47.1 Å². The number of carbonyl (C=O) groups excluding carboxylic acids is 2. The van der Waals surface area contributed by atoms with Gasteiger partial charge in [0.2, 0.25) is 11.8 Å². The number of nitriles is 1. The van der Waals surface area contributed by atoms with Gasteiger partial charge in [-0.2, -0.15) is 5.26 Å². The summed E-state index contributed by atoms with van der Waals surface area (Å²) in [6.07, 6.45) is 0.535. The molecular formula is C21H19N3O5. The number of hydrogen-bond donors (Lipinski definition) is 2. The lowest BCUT2D eigenvalue weighted by Crippen LogP contribution is -2.51. The Morgan fingerprint density at radius 3 is 2.66 bits per heavy atom. The molecule has 0 bridgehead atoms. The van der Waals surface area contributed by atoms with Crippen LogP contribution in [0.5, 0.6) is 0 Å². The zero-order chi connectivity index (χ0) is 21.1. The first-order valence-corrected chi connectivity index (χ1v) is 9.12. The smallest absolute Gasteiger partial charge is 0.323 e. The van der Waals surface area contributed by atoms with Gasteiger partial charge in [0, 0.05) is 24.1 Å². The number of hydrogen-bond acceptors (Lipinski definition) is 6. The Hall–Kier alpha value is -3.60. The van der Waals surface area contributed by atoms with E-state index in [1.165, 1.54) is 0 Å². The molecule has 8 nitrogen and oxygen atoms in total. The van der Waals surface area contributed by atoms with Crippen molar-refractivity contribution >= 4 is 23.3 Å². The summed E-state index contributed by atoms with van der Waals surface area (Å²) in [5, 5.41) is 19.2. The number of ether oxygens (including phenoxy) is 1. The van der Waals surface area contributed by atoms with E-state index >= 15 is 0 Å². The first kappa shape index (κ1) is 18.7. The number of fused-ring (bicyclic) bond motifs is 3. The molecule has 1 unspecified atom stereocenters. The van der Waals surface area contributed by atoms with E-state index in [4.69, 9.17) is 10.5 Å². The van der Waals surface area contributed by atoms with Gasteiger partial charge in [-0.3, -0.25) is 19.3 Å². The molecule has 0 saturated carbocycles. The fraction of sp³-hybridized carbons (Fsp3) is 0.333. The molecule has 0 fully saturated rings. The largest absolute Gasteiger partial charge is 0.480 e. The molecule has 3 aliphatic rings. The number of carboxylic acids is 1. The van der Waals surface area contributed by atoms with Crippen LogP contribution in [0, 0.1) is 16.7 Å². The molecule has 29 heavy (non-hydrogen) atoms. The number of aliphatic carboxylic acids is 1. The van der Waals surface area contributed by atoms with Crippen molar-refractivity contribution in [3.05, 3.63) is 52.6 Å². The van der Waals surface area contributed by atoms with Crippen molar-refractivity contribution in [2.75, 3.05) is 11.4 Å². The van der Waals surface area contributed by atoms with Crippen molar-refractivity contribution in [3.63, 3.8) is 0 Å². The van der Waals surface area contributed by atoms with Crippen molar-refractivity contribution in [2.45, 2.75) is 32.1 Å². The van der Waals surface area contributed by atoms with Crippen molar-refractivity contribution in [2.24, 2.45) is 11.1 Å². The SMILES string of the molecule is CC1(C)CC(=O)C2=C(C1)OC(N)=C(C#N)C21C(=O)N(CC(=O)O)c2ccccc21. The van der Waals surface area contributed by atoms with Gasteiger partial charge < -0.3 is 15.6 Å². The molecule has 1 amide bonds. The van der Waals surface area contributed by atoms with Gasteiger partial charge in [0.15, 0.2) is 5.78 Å². The topological polar surface area (TPSA) is 134 Å². The first-order chi connectivity index (χ1) is 13.6. The molecule has 8 heteroatoms. The zero-order valence-corrected chi connectivity index (χ0v) is 16.0. The Balaban J connectivity index is 2.08. The van der Waals surface area contributed by atoms with Crippen molar-refractivity contribution in [1.29, 1.82) is 5.26 Å². The predicted octanol–water partition coefficient (Wildman–Crippen LogP) is 1.72. The highest BCUT2D eigenvalue weighted by atomic mass is 16.5. The normalized spacial score (nSPS) is 24.9. The number of Topliss-reactive ketones (excluding diaryl/α,β-unsaturated/α-hetero) is 1. The molecule has 1 aliphatic carbocycles. The second kappa shape index (κ2) is 5.95. The summed E-state index contributed by atoms with van der Waals surface area (Å²) in [5.41, 5.74) is 4.48. The van der Waals surface area contributed by atoms with Crippen LogP contribution in [0.25, 0.3) is 0 Å². The number of benzene rings is 1. The van der Waals surface area contributed by atoms with Crippen LogP contribution in [0.3, 0.4) is 0 Å². The van der Waals surface area contributed by atoms with Crippen LogP contribution in [0.4, 0.5) is 5.69 Å². The van der Waals surface area contributed by atoms with Crippen LogP contribution < -0.4 is 10.6 Å². The number of nitrogens with zero attached hydrogens (tertiary/aromatic N) is 2. The number of rotatable bonds is 2. The zero-order valence-electron chi connectivity index (χ0n) is 16.0. The lowest BCUT2D eigenvalue weighted by molar-refractivity contribution is -0.136. The Kier molecular flexibility index (Phi) is 3.84. The molecule has 1 atom stereocenters. The van der Waals surface area contributed by atoms with E-state index in [2.05, 4.69) is 0 Å². The molecule has 1 aromatic rings. The molecule has 2 aliphatic heterocycles. The van der Waals surface area contributed by atoms with Gasteiger partial charge in [-0.1, -0.05) is 32.0 Å². The molecule has 3 N–H and O–H groups in total. The van der Waals surface area contributed by atoms with E-state index in [1.54, 1.807) is 24.3 Å². The molecule has 1 aromatic carbocycles. The molecule has 2 heterocycles. The maximum Gasteiger partial charge on any atom is 0.323 e. The van der Waals surface area contributed by atoms with Crippen LogP contribution in [0.2, 0.25) is 0 Å². The minimum Gasteiger partial charge on any atom is -0.480 e. The van der Waals surface area contributed by atoms with Gasteiger partial charge in [-0.05, 0) is 11.5 Å². The predicted molar refractivity (Wildman–Crippen MR) is 101 cm³/mol.